The van der Waals surface area contributed by atoms with Gasteiger partial charge in [0.1, 0.15) is 24.0 Å². The van der Waals surface area contributed by atoms with Crippen molar-refractivity contribution in [2.75, 3.05) is 0 Å². The Hall–Kier alpha value is -1.36. The SMILES string of the molecule is Fc1cc(Br)cc(OCc2ncc[nH]2)c1. The summed E-state index contributed by atoms with van der Waals surface area (Å²) in [5.74, 6) is 0.840. The Balaban J connectivity index is 2.05. The van der Waals surface area contributed by atoms with Crippen molar-refractivity contribution in [3.8, 4) is 5.75 Å². The normalized spacial score (nSPS) is 10.3. The van der Waals surface area contributed by atoms with Gasteiger partial charge in [-0.25, -0.2) is 9.37 Å². The first-order valence-corrected chi connectivity index (χ1v) is 5.10. The number of halogens is 2. The molecule has 1 N–H and O–H groups in total. The minimum absolute atomic E-state index is 0.295. The van der Waals surface area contributed by atoms with Crippen molar-refractivity contribution in [3.63, 3.8) is 0 Å². The zero-order chi connectivity index (χ0) is 10.7. The Kier molecular flexibility index (Phi) is 3.01. The monoisotopic (exact) mass is 270 g/mol. The molecule has 3 nitrogen and oxygen atoms in total. The summed E-state index contributed by atoms with van der Waals surface area (Å²) in [6.07, 6.45) is 3.35. The molecule has 0 aliphatic heterocycles. The van der Waals surface area contributed by atoms with Crippen molar-refractivity contribution in [1.29, 1.82) is 0 Å². The van der Waals surface area contributed by atoms with Crippen molar-refractivity contribution in [1.82, 2.24) is 9.97 Å². The van der Waals surface area contributed by atoms with Crippen LogP contribution in [0.2, 0.25) is 0 Å². The highest BCUT2D eigenvalue weighted by Gasteiger charge is 2.01. The van der Waals surface area contributed by atoms with Crippen LogP contribution in [0.3, 0.4) is 0 Å². The molecule has 2 aromatic rings. The van der Waals surface area contributed by atoms with E-state index < -0.39 is 0 Å². The summed E-state index contributed by atoms with van der Waals surface area (Å²) < 4.78 is 19.0. The maximum atomic E-state index is 13.0. The summed E-state index contributed by atoms with van der Waals surface area (Å²) in [4.78, 5) is 6.89. The van der Waals surface area contributed by atoms with Gasteiger partial charge in [0.25, 0.3) is 0 Å². The molecule has 5 heteroatoms. The van der Waals surface area contributed by atoms with Gasteiger partial charge in [-0.05, 0) is 12.1 Å². The Morgan fingerprint density at radius 3 is 2.93 bits per heavy atom. The molecular weight excluding hydrogens is 263 g/mol. The van der Waals surface area contributed by atoms with E-state index in [0.717, 1.165) is 0 Å². The van der Waals surface area contributed by atoms with E-state index in [1.807, 2.05) is 0 Å². The summed E-state index contributed by atoms with van der Waals surface area (Å²) in [6, 6.07) is 4.40. The standard InChI is InChI=1S/C10H8BrFN2O/c11-7-3-8(12)5-9(4-7)15-6-10-13-1-2-14-10/h1-5H,6H2,(H,13,14). The number of ether oxygens (including phenoxy) is 1. The molecule has 0 unspecified atom stereocenters. The van der Waals surface area contributed by atoms with Crippen molar-refractivity contribution >= 4 is 15.9 Å². The molecule has 0 atom stereocenters. The molecule has 0 spiro atoms. The van der Waals surface area contributed by atoms with E-state index in [1.165, 1.54) is 12.1 Å². The van der Waals surface area contributed by atoms with E-state index in [2.05, 4.69) is 25.9 Å². The smallest absolute Gasteiger partial charge is 0.146 e. The lowest BCUT2D eigenvalue weighted by Gasteiger charge is -2.04. The third kappa shape index (κ3) is 2.79. The third-order valence-electron chi connectivity index (χ3n) is 1.77. The van der Waals surface area contributed by atoms with Crippen LogP contribution in [-0.2, 0) is 6.61 Å². The number of nitrogens with one attached hydrogen (secondary N) is 1. The van der Waals surface area contributed by atoms with Crippen molar-refractivity contribution in [2.24, 2.45) is 0 Å². The Morgan fingerprint density at radius 1 is 1.40 bits per heavy atom. The van der Waals surface area contributed by atoms with Gasteiger partial charge in [0.05, 0.1) is 0 Å². The number of hydrogen-bond acceptors (Lipinski definition) is 2. The van der Waals surface area contributed by atoms with E-state index in [0.29, 0.717) is 22.7 Å². The average molecular weight is 271 g/mol. The maximum absolute atomic E-state index is 13.0. The highest BCUT2D eigenvalue weighted by atomic mass is 79.9. The highest BCUT2D eigenvalue weighted by Crippen LogP contribution is 2.21. The van der Waals surface area contributed by atoms with Gasteiger partial charge >= 0.3 is 0 Å². The molecule has 1 aromatic carbocycles. The fourth-order valence-electron chi connectivity index (χ4n) is 1.14. The minimum atomic E-state index is -0.334. The fraction of sp³-hybridized carbons (Fsp3) is 0.100. The predicted molar refractivity (Wildman–Crippen MR) is 57.0 cm³/mol. The first-order valence-electron chi connectivity index (χ1n) is 4.31. The fourth-order valence-corrected chi connectivity index (χ4v) is 1.58. The van der Waals surface area contributed by atoms with E-state index in [4.69, 9.17) is 4.74 Å². The number of aromatic nitrogens is 2. The molecule has 2 rings (SSSR count). The van der Waals surface area contributed by atoms with Gasteiger partial charge < -0.3 is 9.72 Å². The average Bonchev–Trinajstić information content (AvgIpc) is 2.65. The number of H-pyrrole nitrogens is 1. The number of rotatable bonds is 3. The van der Waals surface area contributed by atoms with Gasteiger partial charge in [-0.3, -0.25) is 0 Å². The van der Waals surface area contributed by atoms with E-state index in [-0.39, 0.29) is 5.82 Å². The maximum Gasteiger partial charge on any atom is 0.146 e. The second kappa shape index (κ2) is 4.44. The molecule has 0 radical (unpaired) electrons. The number of nitrogens with zero attached hydrogens (tertiary/aromatic N) is 1. The van der Waals surface area contributed by atoms with Crippen LogP contribution in [-0.4, -0.2) is 9.97 Å². The van der Waals surface area contributed by atoms with Crippen molar-refractivity contribution in [2.45, 2.75) is 6.61 Å². The predicted octanol–water partition coefficient (Wildman–Crippen LogP) is 2.89. The zero-order valence-electron chi connectivity index (χ0n) is 7.71. The lowest BCUT2D eigenvalue weighted by atomic mass is 10.3. The van der Waals surface area contributed by atoms with Crippen LogP contribution in [0.4, 0.5) is 4.39 Å². The Morgan fingerprint density at radius 2 is 2.27 bits per heavy atom. The van der Waals surface area contributed by atoms with Crippen LogP contribution in [0.1, 0.15) is 5.82 Å². The lowest BCUT2D eigenvalue weighted by molar-refractivity contribution is 0.295. The minimum Gasteiger partial charge on any atom is -0.486 e. The molecule has 0 bridgehead atoms. The summed E-state index contributed by atoms with van der Waals surface area (Å²) in [5.41, 5.74) is 0. The van der Waals surface area contributed by atoms with Crippen LogP contribution in [0.15, 0.2) is 35.1 Å². The molecule has 15 heavy (non-hydrogen) atoms. The highest BCUT2D eigenvalue weighted by molar-refractivity contribution is 9.10. The van der Waals surface area contributed by atoms with E-state index >= 15 is 0 Å². The van der Waals surface area contributed by atoms with Crippen LogP contribution in [0.5, 0.6) is 5.75 Å². The molecule has 1 heterocycles. The topological polar surface area (TPSA) is 37.9 Å². The molecule has 0 aliphatic carbocycles. The summed E-state index contributed by atoms with van der Waals surface area (Å²) in [5, 5.41) is 0. The molecular formula is C10H8BrFN2O. The number of imidazole rings is 1. The van der Waals surface area contributed by atoms with Gasteiger partial charge in [-0.2, -0.15) is 0 Å². The van der Waals surface area contributed by atoms with Crippen molar-refractivity contribution in [3.05, 3.63) is 46.7 Å². The second-order valence-corrected chi connectivity index (χ2v) is 3.85. The van der Waals surface area contributed by atoms with Crippen LogP contribution < -0.4 is 4.74 Å². The first kappa shape index (κ1) is 10.2. The molecule has 0 aliphatic rings. The quantitative estimate of drug-likeness (QED) is 0.932. The van der Waals surface area contributed by atoms with Gasteiger partial charge in [0.15, 0.2) is 0 Å². The van der Waals surface area contributed by atoms with Crippen LogP contribution >= 0.6 is 15.9 Å². The molecule has 0 fully saturated rings. The number of benzene rings is 1. The lowest BCUT2D eigenvalue weighted by Crippen LogP contribution is -1.97. The zero-order valence-corrected chi connectivity index (χ0v) is 9.29. The molecule has 1 aromatic heterocycles. The molecule has 0 amide bonds. The van der Waals surface area contributed by atoms with Crippen molar-refractivity contribution < 1.29 is 9.13 Å². The van der Waals surface area contributed by atoms with Gasteiger partial charge in [0, 0.05) is 22.9 Å². The number of hydrogen-bond donors (Lipinski definition) is 1. The Bertz CT molecular complexity index is 424. The summed E-state index contributed by atoms with van der Waals surface area (Å²) >= 11 is 3.19. The van der Waals surface area contributed by atoms with Crippen LogP contribution in [0, 0.1) is 5.82 Å². The molecule has 78 valence electrons. The van der Waals surface area contributed by atoms with E-state index in [9.17, 15) is 4.39 Å². The largest absolute Gasteiger partial charge is 0.486 e. The van der Waals surface area contributed by atoms with Gasteiger partial charge in [-0.15, -0.1) is 0 Å². The summed E-state index contributed by atoms with van der Waals surface area (Å²) in [7, 11) is 0. The van der Waals surface area contributed by atoms with Crippen LogP contribution in [0.25, 0.3) is 0 Å². The second-order valence-electron chi connectivity index (χ2n) is 2.93. The Labute approximate surface area is 94.4 Å². The van der Waals surface area contributed by atoms with Gasteiger partial charge in [0.2, 0.25) is 0 Å². The molecule has 0 saturated carbocycles. The summed E-state index contributed by atoms with van der Waals surface area (Å²) in [6.45, 7) is 0.295. The number of aromatic amines is 1. The molecule has 0 saturated heterocycles. The third-order valence-corrected chi connectivity index (χ3v) is 2.22. The van der Waals surface area contributed by atoms with E-state index in [1.54, 1.807) is 18.5 Å². The first-order chi connectivity index (χ1) is 7.24. The van der Waals surface area contributed by atoms with Gasteiger partial charge in [-0.1, -0.05) is 15.9 Å².